The van der Waals surface area contributed by atoms with Crippen molar-refractivity contribution in [3.05, 3.63) is 52.1 Å². The van der Waals surface area contributed by atoms with Crippen LogP contribution in [-0.4, -0.2) is 21.1 Å². The quantitative estimate of drug-likeness (QED) is 0.682. The molecule has 0 bridgehead atoms. The first-order valence-corrected chi connectivity index (χ1v) is 6.94. The van der Waals surface area contributed by atoms with Gasteiger partial charge in [0.1, 0.15) is 0 Å². The molecule has 0 aliphatic carbocycles. The van der Waals surface area contributed by atoms with E-state index in [2.05, 4.69) is 47.4 Å². The van der Waals surface area contributed by atoms with E-state index in [4.69, 9.17) is 12.2 Å². The van der Waals surface area contributed by atoms with Crippen LogP contribution in [0.15, 0.2) is 41.0 Å². The van der Waals surface area contributed by atoms with Gasteiger partial charge in [0.05, 0.1) is 6.21 Å². The van der Waals surface area contributed by atoms with Gasteiger partial charge in [-0.25, -0.2) is 0 Å². The number of aromatic nitrogens is 3. The second kappa shape index (κ2) is 6.43. The average Bonchev–Trinajstić information content (AvgIpc) is 2.79. The van der Waals surface area contributed by atoms with Crippen molar-refractivity contribution >= 4 is 24.5 Å². The number of allylic oxidation sites excluding steroid dienone is 1. The third-order valence-corrected chi connectivity index (χ3v) is 3.03. The van der Waals surface area contributed by atoms with E-state index in [1.54, 1.807) is 10.9 Å². The lowest BCUT2D eigenvalue weighted by molar-refractivity contribution is 0.695. The first kappa shape index (κ1) is 14.4. The summed E-state index contributed by atoms with van der Waals surface area (Å²) in [4.78, 5) is 0. The van der Waals surface area contributed by atoms with Crippen LogP contribution in [0, 0.1) is 4.77 Å². The van der Waals surface area contributed by atoms with Crippen LogP contribution in [0.3, 0.4) is 0 Å². The average molecular weight is 286 g/mol. The van der Waals surface area contributed by atoms with E-state index in [0.29, 0.717) is 4.77 Å². The highest BCUT2D eigenvalue weighted by Crippen LogP contribution is 2.11. The number of hydrogen-bond donors (Lipinski definition) is 1. The van der Waals surface area contributed by atoms with Gasteiger partial charge in [-0.2, -0.15) is 14.9 Å². The van der Waals surface area contributed by atoms with Crippen molar-refractivity contribution in [2.45, 2.75) is 26.7 Å². The summed E-state index contributed by atoms with van der Waals surface area (Å²) in [6, 6.07) is 10.1. The fourth-order valence-electron chi connectivity index (χ4n) is 1.79. The number of H-pyrrole nitrogens is 1. The number of nitrogens with zero attached hydrogens (tertiary/aromatic N) is 3. The Morgan fingerprint density at radius 1 is 1.35 bits per heavy atom. The van der Waals surface area contributed by atoms with Crippen LogP contribution >= 0.6 is 12.2 Å². The smallest absolute Gasteiger partial charge is 0.216 e. The standard InChI is InChI=1S/C15H18N4S/c1-11(2)14-17-18-15(20)19(14)16-10-12(3)9-13-7-5-4-6-8-13/h4-11H,1-3H3,(H,18,20)/b12-9-,16-10-. The maximum atomic E-state index is 5.19. The molecule has 0 fully saturated rings. The van der Waals surface area contributed by atoms with Crippen molar-refractivity contribution in [3.63, 3.8) is 0 Å². The molecule has 1 heterocycles. The first-order valence-electron chi connectivity index (χ1n) is 6.53. The van der Waals surface area contributed by atoms with Gasteiger partial charge in [0.25, 0.3) is 0 Å². The minimum Gasteiger partial charge on any atom is -0.250 e. The second-order valence-electron chi connectivity index (χ2n) is 4.90. The highest BCUT2D eigenvalue weighted by atomic mass is 32.1. The minimum absolute atomic E-state index is 0.263. The Kier molecular flexibility index (Phi) is 4.63. The van der Waals surface area contributed by atoms with Crippen molar-refractivity contribution in [1.82, 2.24) is 14.9 Å². The predicted octanol–water partition coefficient (Wildman–Crippen LogP) is 4.00. The molecule has 0 saturated heterocycles. The van der Waals surface area contributed by atoms with E-state index < -0.39 is 0 Å². The molecule has 0 aliphatic rings. The molecule has 0 spiro atoms. The monoisotopic (exact) mass is 286 g/mol. The maximum Gasteiger partial charge on any atom is 0.216 e. The molecule has 104 valence electrons. The van der Waals surface area contributed by atoms with Crippen molar-refractivity contribution in [3.8, 4) is 0 Å². The molecule has 0 unspecified atom stereocenters. The molecule has 0 radical (unpaired) electrons. The molecule has 1 aromatic carbocycles. The Morgan fingerprint density at radius 3 is 2.70 bits per heavy atom. The fourth-order valence-corrected chi connectivity index (χ4v) is 1.97. The zero-order valence-corrected chi connectivity index (χ0v) is 12.7. The van der Waals surface area contributed by atoms with Crippen molar-refractivity contribution < 1.29 is 0 Å². The van der Waals surface area contributed by atoms with E-state index in [1.165, 1.54) is 0 Å². The van der Waals surface area contributed by atoms with Crippen LogP contribution in [0.25, 0.3) is 6.08 Å². The third kappa shape index (κ3) is 3.51. The van der Waals surface area contributed by atoms with Gasteiger partial charge < -0.3 is 0 Å². The summed E-state index contributed by atoms with van der Waals surface area (Å²) in [6.45, 7) is 6.13. The van der Waals surface area contributed by atoms with Gasteiger partial charge in [-0.3, -0.25) is 5.10 Å². The summed E-state index contributed by atoms with van der Waals surface area (Å²) in [5.74, 6) is 1.09. The third-order valence-electron chi connectivity index (χ3n) is 2.76. The van der Waals surface area contributed by atoms with Crippen molar-refractivity contribution in [2.75, 3.05) is 0 Å². The Bertz CT molecular complexity index is 677. The zero-order chi connectivity index (χ0) is 14.5. The lowest BCUT2D eigenvalue weighted by Gasteiger charge is -2.02. The summed E-state index contributed by atoms with van der Waals surface area (Å²) in [7, 11) is 0. The Morgan fingerprint density at radius 2 is 2.05 bits per heavy atom. The second-order valence-corrected chi connectivity index (χ2v) is 5.28. The minimum atomic E-state index is 0.263. The molecule has 2 rings (SSSR count). The number of nitrogens with one attached hydrogen (secondary N) is 1. The lowest BCUT2D eigenvalue weighted by atomic mass is 10.1. The molecule has 4 nitrogen and oxygen atoms in total. The first-order chi connectivity index (χ1) is 9.58. The lowest BCUT2D eigenvalue weighted by Crippen LogP contribution is -2.00. The molecule has 1 aromatic heterocycles. The van der Waals surface area contributed by atoms with Gasteiger partial charge in [-0.1, -0.05) is 50.3 Å². The number of rotatable bonds is 4. The Balaban J connectivity index is 2.24. The largest absolute Gasteiger partial charge is 0.250 e. The SMILES string of the molecule is CC(/C=N\n1c(C(C)C)n[nH]c1=S)=C/c1ccccc1. The summed E-state index contributed by atoms with van der Waals surface area (Å²) >= 11 is 5.19. The van der Waals surface area contributed by atoms with Crippen LogP contribution in [0.2, 0.25) is 0 Å². The van der Waals surface area contributed by atoms with Gasteiger partial charge >= 0.3 is 0 Å². The number of aromatic amines is 1. The van der Waals surface area contributed by atoms with Crippen LogP contribution in [0.5, 0.6) is 0 Å². The van der Waals surface area contributed by atoms with Crippen LogP contribution in [0.4, 0.5) is 0 Å². The molecular formula is C15H18N4S. The van der Waals surface area contributed by atoms with Crippen LogP contribution in [0.1, 0.15) is 38.1 Å². The van der Waals surface area contributed by atoms with Gasteiger partial charge in [0, 0.05) is 5.92 Å². The summed E-state index contributed by atoms with van der Waals surface area (Å²) in [5, 5.41) is 11.4. The van der Waals surface area contributed by atoms with Gasteiger partial charge in [0.15, 0.2) is 5.82 Å². The summed E-state index contributed by atoms with van der Waals surface area (Å²) in [6.07, 6.45) is 3.87. The van der Waals surface area contributed by atoms with Gasteiger partial charge in [-0.15, -0.1) is 0 Å². The Hall–Kier alpha value is -2.01. The van der Waals surface area contributed by atoms with Crippen LogP contribution < -0.4 is 0 Å². The number of benzene rings is 1. The van der Waals surface area contributed by atoms with Gasteiger partial charge in [-0.05, 0) is 30.3 Å². The fraction of sp³-hybridized carbons (Fsp3) is 0.267. The summed E-state index contributed by atoms with van der Waals surface area (Å²) in [5.41, 5.74) is 2.20. The molecule has 0 atom stereocenters. The van der Waals surface area contributed by atoms with Gasteiger partial charge in [0.2, 0.25) is 4.77 Å². The highest BCUT2D eigenvalue weighted by Gasteiger charge is 2.08. The van der Waals surface area contributed by atoms with E-state index in [0.717, 1.165) is 17.0 Å². The zero-order valence-electron chi connectivity index (χ0n) is 11.9. The molecule has 20 heavy (non-hydrogen) atoms. The van der Waals surface area contributed by atoms with E-state index in [9.17, 15) is 0 Å². The van der Waals surface area contributed by atoms with E-state index in [1.807, 2.05) is 25.1 Å². The Labute approximate surface area is 123 Å². The van der Waals surface area contributed by atoms with E-state index >= 15 is 0 Å². The van der Waals surface area contributed by atoms with Crippen LogP contribution in [-0.2, 0) is 0 Å². The normalized spacial score (nSPS) is 12.5. The van der Waals surface area contributed by atoms with Crippen molar-refractivity contribution in [1.29, 1.82) is 0 Å². The summed E-state index contributed by atoms with van der Waals surface area (Å²) < 4.78 is 2.18. The molecule has 0 amide bonds. The number of hydrogen-bond acceptors (Lipinski definition) is 3. The predicted molar refractivity (Wildman–Crippen MR) is 85.5 cm³/mol. The molecular weight excluding hydrogens is 268 g/mol. The molecule has 0 saturated carbocycles. The molecule has 2 aromatic rings. The molecule has 0 aliphatic heterocycles. The molecule has 5 heteroatoms. The molecule has 1 N–H and O–H groups in total. The highest BCUT2D eigenvalue weighted by molar-refractivity contribution is 7.71. The maximum absolute atomic E-state index is 5.19. The van der Waals surface area contributed by atoms with Crippen molar-refractivity contribution in [2.24, 2.45) is 5.10 Å². The topological polar surface area (TPSA) is 46.0 Å². The van der Waals surface area contributed by atoms with E-state index in [-0.39, 0.29) is 5.92 Å².